The number of likely N-dealkylation sites (tertiary alicyclic amines) is 1. The monoisotopic (exact) mass is 431 g/mol. The van der Waals surface area contributed by atoms with E-state index < -0.39 is 41.6 Å². The van der Waals surface area contributed by atoms with Crippen molar-refractivity contribution in [3.63, 3.8) is 0 Å². The molecule has 0 aromatic heterocycles. The highest BCUT2D eigenvalue weighted by molar-refractivity contribution is 5.81. The summed E-state index contributed by atoms with van der Waals surface area (Å²) >= 11 is 0. The number of carbonyl (C=O) groups is 2. The number of carboxylic acids is 1. The van der Waals surface area contributed by atoms with Gasteiger partial charge in [0.1, 0.15) is 5.76 Å². The summed E-state index contributed by atoms with van der Waals surface area (Å²) in [6.45, 7) is 0.738. The van der Waals surface area contributed by atoms with E-state index in [0.29, 0.717) is 24.3 Å². The van der Waals surface area contributed by atoms with Crippen molar-refractivity contribution < 1.29 is 39.1 Å². The van der Waals surface area contributed by atoms with Crippen molar-refractivity contribution in [2.45, 2.75) is 54.9 Å². The molecule has 9 heteroatoms. The molecule has 166 valence electrons. The maximum Gasteiger partial charge on any atom is 0.333 e. The van der Waals surface area contributed by atoms with Crippen LogP contribution in [0, 0.1) is 0 Å². The van der Waals surface area contributed by atoms with E-state index in [2.05, 4.69) is 4.90 Å². The summed E-state index contributed by atoms with van der Waals surface area (Å²) in [6.07, 6.45) is -0.0812. The molecule has 1 aromatic carbocycles. The molecule has 0 amide bonds. The van der Waals surface area contributed by atoms with Crippen LogP contribution >= 0.6 is 0 Å². The first-order valence-electron chi connectivity index (χ1n) is 10.3. The fourth-order valence-corrected chi connectivity index (χ4v) is 6.01. The Labute approximate surface area is 178 Å². The lowest BCUT2D eigenvalue weighted by atomic mass is 9.50. The van der Waals surface area contributed by atoms with E-state index in [0.717, 1.165) is 17.7 Å². The van der Waals surface area contributed by atoms with E-state index in [9.17, 15) is 19.8 Å². The van der Waals surface area contributed by atoms with Gasteiger partial charge in [0, 0.05) is 18.0 Å². The van der Waals surface area contributed by atoms with Crippen LogP contribution < -0.4 is 9.47 Å². The second kappa shape index (κ2) is 6.69. The Bertz CT molecular complexity index is 1010. The third-order valence-electron chi connectivity index (χ3n) is 7.43. The Balaban J connectivity index is 1.59. The first-order chi connectivity index (χ1) is 14.7. The molecule has 0 saturated carbocycles. The van der Waals surface area contributed by atoms with E-state index >= 15 is 0 Å². The number of carboxylic acid groups (broad SMARTS) is 1. The van der Waals surface area contributed by atoms with E-state index in [4.69, 9.17) is 19.3 Å². The van der Waals surface area contributed by atoms with Crippen LogP contribution in [-0.4, -0.2) is 76.7 Å². The van der Waals surface area contributed by atoms with Gasteiger partial charge in [0.05, 0.1) is 24.5 Å². The molecule has 2 aliphatic heterocycles. The smallest absolute Gasteiger partial charge is 0.333 e. The van der Waals surface area contributed by atoms with Crippen LogP contribution in [0.3, 0.4) is 0 Å². The Morgan fingerprint density at radius 2 is 2.16 bits per heavy atom. The number of nitrogens with zero attached hydrogens (tertiary/aromatic N) is 1. The zero-order valence-electron chi connectivity index (χ0n) is 17.3. The number of aliphatic carboxylic acids is 1. The Kier molecular flexibility index (Phi) is 4.38. The second-order valence-electron chi connectivity index (χ2n) is 8.82. The van der Waals surface area contributed by atoms with Crippen LogP contribution in [-0.2, 0) is 26.2 Å². The predicted octanol–water partition coefficient (Wildman–Crippen LogP) is 0.352. The molecule has 3 N–H and O–H groups in total. The number of methoxy groups -OCH3 is 1. The standard InChI is InChI=1S/C22H25NO8/c1-23-8-7-21-17-11-3-4-13(29-2)18(17)31-19(21)14(5-6-22(21,28)15(23)9-11)30-16(25)10-12(24)20(26)27/h3-5,12,15,19,24,28H,6-10H2,1-2H3,(H,26,27)/t12-,15-,19+,21+,22-/m1/s1. The Hall–Kier alpha value is -2.62. The molecule has 1 saturated heterocycles. The summed E-state index contributed by atoms with van der Waals surface area (Å²) in [7, 11) is 3.56. The maximum absolute atomic E-state index is 12.3. The highest BCUT2D eigenvalue weighted by atomic mass is 16.6. The number of likely N-dealkylation sites (N-methyl/N-ethyl adjacent to an activating group) is 1. The fourth-order valence-electron chi connectivity index (χ4n) is 6.01. The lowest BCUT2D eigenvalue weighted by molar-refractivity contribution is -0.170. The molecule has 1 aromatic rings. The maximum atomic E-state index is 12.3. The minimum absolute atomic E-state index is 0.124. The highest BCUT2D eigenvalue weighted by Gasteiger charge is 2.72. The van der Waals surface area contributed by atoms with Gasteiger partial charge in [-0.05, 0) is 44.1 Å². The second-order valence-corrected chi connectivity index (χ2v) is 8.82. The van der Waals surface area contributed by atoms with E-state index in [-0.39, 0.29) is 18.2 Å². The number of hydrogen-bond acceptors (Lipinski definition) is 8. The zero-order chi connectivity index (χ0) is 22.1. The molecule has 0 radical (unpaired) electrons. The summed E-state index contributed by atoms with van der Waals surface area (Å²) in [6, 6.07) is 3.73. The topological polar surface area (TPSA) is 126 Å². The van der Waals surface area contributed by atoms with Gasteiger partial charge in [-0.25, -0.2) is 4.79 Å². The normalized spacial score (nSPS) is 33.6. The zero-order valence-corrected chi connectivity index (χ0v) is 17.3. The molecule has 1 spiro atoms. The average molecular weight is 431 g/mol. The van der Waals surface area contributed by atoms with Gasteiger partial charge in [0.25, 0.3) is 0 Å². The van der Waals surface area contributed by atoms with Crippen molar-refractivity contribution in [3.8, 4) is 11.5 Å². The Morgan fingerprint density at radius 1 is 1.39 bits per heavy atom. The summed E-state index contributed by atoms with van der Waals surface area (Å²) in [5.74, 6) is -1.02. The minimum Gasteiger partial charge on any atom is -0.493 e. The van der Waals surface area contributed by atoms with Crippen LogP contribution in [0.15, 0.2) is 24.0 Å². The van der Waals surface area contributed by atoms with Crippen LogP contribution in [0.1, 0.15) is 30.4 Å². The largest absolute Gasteiger partial charge is 0.493 e. The van der Waals surface area contributed by atoms with Gasteiger partial charge >= 0.3 is 11.9 Å². The van der Waals surface area contributed by atoms with Gasteiger partial charge in [-0.1, -0.05) is 6.07 Å². The van der Waals surface area contributed by atoms with Crippen molar-refractivity contribution in [2.75, 3.05) is 20.7 Å². The number of carbonyl (C=O) groups excluding carboxylic acids is 1. The van der Waals surface area contributed by atoms with Crippen molar-refractivity contribution in [1.29, 1.82) is 0 Å². The number of benzene rings is 1. The first kappa shape index (κ1) is 20.3. The number of aliphatic hydroxyl groups is 2. The van der Waals surface area contributed by atoms with Gasteiger partial charge in [-0.3, -0.25) is 4.79 Å². The molecular weight excluding hydrogens is 406 g/mol. The number of piperidine rings is 1. The molecule has 2 aliphatic carbocycles. The van der Waals surface area contributed by atoms with Crippen LogP contribution in [0.5, 0.6) is 11.5 Å². The molecule has 4 aliphatic rings. The molecule has 9 nitrogen and oxygen atoms in total. The van der Waals surface area contributed by atoms with Crippen LogP contribution in [0.25, 0.3) is 0 Å². The number of ether oxygens (including phenoxy) is 3. The fraction of sp³-hybridized carbons (Fsp3) is 0.545. The average Bonchev–Trinajstić information content (AvgIpc) is 3.08. The van der Waals surface area contributed by atoms with E-state index in [1.165, 1.54) is 0 Å². The molecule has 5 atom stereocenters. The van der Waals surface area contributed by atoms with Crippen LogP contribution in [0.4, 0.5) is 0 Å². The van der Waals surface area contributed by atoms with Gasteiger partial charge in [-0.15, -0.1) is 0 Å². The summed E-state index contributed by atoms with van der Waals surface area (Å²) < 4.78 is 17.4. The highest BCUT2D eigenvalue weighted by Crippen LogP contribution is 2.65. The predicted molar refractivity (Wildman–Crippen MR) is 106 cm³/mol. The lowest BCUT2D eigenvalue weighted by Gasteiger charge is -2.61. The van der Waals surface area contributed by atoms with Crippen LogP contribution in [0.2, 0.25) is 0 Å². The number of aliphatic hydroxyl groups excluding tert-OH is 1. The third kappa shape index (κ3) is 2.54. The quantitative estimate of drug-likeness (QED) is 0.566. The number of hydrogen-bond donors (Lipinski definition) is 3. The SMILES string of the molecule is COc1ccc2c3c1O[C@H]1C(OC(=O)C[C@@H](O)C(=O)O)=CC[C@@]4(O)[C@@H](C2)N(C)CC[C@]314. The molecule has 1 fully saturated rings. The lowest BCUT2D eigenvalue weighted by Crippen LogP contribution is -2.74. The molecule has 2 bridgehead atoms. The number of esters is 1. The van der Waals surface area contributed by atoms with Crippen molar-refractivity contribution >= 4 is 11.9 Å². The van der Waals surface area contributed by atoms with E-state index in [1.54, 1.807) is 13.2 Å². The summed E-state index contributed by atoms with van der Waals surface area (Å²) in [5, 5.41) is 30.4. The summed E-state index contributed by atoms with van der Waals surface area (Å²) in [4.78, 5) is 25.4. The number of rotatable bonds is 5. The minimum atomic E-state index is -1.84. The first-order valence-corrected chi connectivity index (χ1v) is 10.3. The van der Waals surface area contributed by atoms with E-state index in [1.807, 2.05) is 19.2 Å². The van der Waals surface area contributed by atoms with Crippen molar-refractivity contribution in [2.24, 2.45) is 0 Å². The molecule has 31 heavy (non-hydrogen) atoms. The molecular formula is C22H25NO8. The molecule has 0 unspecified atom stereocenters. The molecule has 2 heterocycles. The molecule has 5 rings (SSSR count). The van der Waals surface area contributed by atoms with Gasteiger partial charge in [-0.2, -0.15) is 0 Å². The van der Waals surface area contributed by atoms with Crippen molar-refractivity contribution in [1.82, 2.24) is 4.90 Å². The third-order valence-corrected chi connectivity index (χ3v) is 7.43. The summed E-state index contributed by atoms with van der Waals surface area (Å²) in [5.41, 5.74) is 0.0627. The van der Waals surface area contributed by atoms with Gasteiger partial charge < -0.3 is 34.4 Å². The van der Waals surface area contributed by atoms with Crippen molar-refractivity contribution in [3.05, 3.63) is 35.1 Å². The van der Waals surface area contributed by atoms with Gasteiger partial charge in [0.15, 0.2) is 23.7 Å². The van der Waals surface area contributed by atoms with Gasteiger partial charge in [0.2, 0.25) is 0 Å². The Morgan fingerprint density at radius 3 is 2.87 bits per heavy atom.